The molecule has 0 bridgehead atoms. The molecule has 0 radical (unpaired) electrons. The first kappa shape index (κ1) is 20.6. The molecule has 0 atom stereocenters. The van der Waals surface area contributed by atoms with Crippen LogP contribution >= 0.6 is 23.2 Å². The third-order valence-electron chi connectivity index (χ3n) is 5.04. The predicted octanol–water partition coefficient (Wildman–Crippen LogP) is 6.55. The molecule has 30 heavy (non-hydrogen) atoms. The molecular formula is C26H21Cl2NO. The van der Waals surface area contributed by atoms with Crippen molar-refractivity contribution in [3.8, 4) is 0 Å². The van der Waals surface area contributed by atoms with Crippen molar-refractivity contribution in [1.82, 2.24) is 4.90 Å². The van der Waals surface area contributed by atoms with Gasteiger partial charge in [-0.25, -0.2) is 0 Å². The van der Waals surface area contributed by atoms with E-state index < -0.39 is 0 Å². The third-order valence-corrected chi connectivity index (χ3v) is 5.55. The Labute approximate surface area is 187 Å². The fourth-order valence-electron chi connectivity index (χ4n) is 3.58. The zero-order chi connectivity index (χ0) is 20.9. The largest absolute Gasteiger partial charge is 0.290 e. The van der Waals surface area contributed by atoms with E-state index in [1.54, 1.807) is 0 Å². The van der Waals surface area contributed by atoms with Crippen molar-refractivity contribution in [1.29, 1.82) is 0 Å². The van der Waals surface area contributed by atoms with Crippen LogP contribution in [0.15, 0.2) is 90.0 Å². The number of carbonyl (C=O) groups is 1. The van der Waals surface area contributed by atoms with E-state index in [0.717, 1.165) is 28.8 Å². The number of halogens is 2. The minimum absolute atomic E-state index is 0.0872. The van der Waals surface area contributed by atoms with Crippen LogP contribution in [0.25, 0.3) is 12.2 Å². The van der Waals surface area contributed by atoms with Gasteiger partial charge in [-0.15, -0.1) is 0 Å². The molecule has 2 nitrogen and oxygen atoms in total. The van der Waals surface area contributed by atoms with Crippen molar-refractivity contribution >= 4 is 41.1 Å². The van der Waals surface area contributed by atoms with Gasteiger partial charge in [0, 0.05) is 40.8 Å². The van der Waals surface area contributed by atoms with E-state index in [0.29, 0.717) is 23.1 Å². The van der Waals surface area contributed by atoms with Gasteiger partial charge in [-0.05, 0) is 53.1 Å². The van der Waals surface area contributed by atoms with Crippen LogP contribution in [0.1, 0.15) is 16.7 Å². The lowest BCUT2D eigenvalue weighted by Crippen LogP contribution is -2.37. The summed E-state index contributed by atoms with van der Waals surface area (Å²) in [7, 11) is 0. The second-order valence-corrected chi connectivity index (χ2v) is 8.28. The van der Waals surface area contributed by atoms with Crippen LogP contribution < -0.4 is 0 Å². The molecule has 0 amide bonds. The predicted molar refractivity (Wildman–Crippen MR) is 126 cm³/mol. The molecule has 0 N–H and O–H groups in total. The van der Waals surface area contributed by atoms with E-state index in [-0.39, 0.29) is 5.78 Å². The molecule has 0 aliphatic carbocycles. The van der Waals surface area contributed by atoms with Crippen molar-refractivity contribution in [2.24, 2.45) is 0 Å². The minimum Gasteiger partial charge on any atom is -0.290 e. The van der Waals surface area contributed by atoms with Crippen molar-refractivity contribution < 1.29 is 4.79 Å². The quantitative estimate of drug-likeness (QED) is 0.435. The molecule has 1 heterocycles. The SMILES string of the molecule is O=C1/C(=C/c2ccc(Cl)cc2)CN(Cc2ccccc2)C/C1=C\c1ccc(Cl)cc1. The number of nitrogens with zero attached hydrogens (tertiary/aromatic N) is 1. The van der Waals surface area contributed by atoms with Gasteiger partial charge >= 0.3 is 0 Å². The Morgan fingerprint density at radius 3 is 1.63 bits per heavy atom. The molecule has 1 fully saturated rings. The van der Waals surface area contributed by atoms with Gasteiger partial charge in [0.05, 0.1) is 0 Å². The summed E-state index contributed by atoms with van der Waals surface area (Å²) < 4.78 is 0. The number of benzene rings is 3. The summed E-state index contributed by atoms with van der Waals surface area (Å²) in [5.41, 5.74) is 4.72. The second-order valence-electron chi connectivity index (χ2n) is 7.40. The van der Waals surface area contributed by atoms with E-state index >= 15 is 0 Å². The second kappa shape index (κ2) is 9.44. The lowest BCUT2D eigenvalue weighted by atomic mass is 9.94. The van der Waals surface area contributed by atoms with Crippen molar-refractivity contribution in [3.05, 3.63) is 117 Å². The first-order valence-corrected chi connectivity index (χ1v) is 10.6. The zero-order valence-electron chi connectivity index (χ0n) is 16.4. The summed E-state index contributed by atoms with van der Waals surface area (Å²) in [6, 6.07) is 25.4. The van der Waals surface area contributed by atoms with E-state index in [4.69, 9.17) is 23.2 Å². The Bertz CT molecular complexity index is 1020. The number of Topliss-reactive ketones (excluding diaryl/α,β-unsaturated/α-hetero) is 1. The van der Waals surface area contributed by atoms with Crippen molar-refractivity contribution in [2.45, 2.75) is 6.54 Å². The average molecular weight is 434 g/mol. The monoisotopic (exact) mass is 433 g/mol. The van der Waals surface area contributed by atoms with E-state index in [9.17, 15) is 4.79 Å². The first-order valence-electron chi connectivity index (χ1n) is 9.80. The van der Waals surface area contributed by atoms with Crippen molar-refractivity contribution in [3.63, 3.8) is 0 Å². The van der Waals surface area contributed by atoms with Crippen LogP contribution in [-0.4, -0.2) is 23.8 Å². The number of likely N-dealkylation sites (tertiary alicyclic amines) is 1. The van der Waals surface area contributed by atoms with E-state index in [1.165, 1.54) is 5.56 Å². The van der Waals surface area contributed by atoms with Gasteiger partial charge in [0.2, 0.25) is 0 Å². The van der Waals surface area contributed by atoms with Gasteiger partial charge in [-0.3, -0.25) is 9.69 Å². The van der Waals surface area contributed by atoms with Gasteiger partial charge in [0.15, 0.2) is 5.78 Å². The highest BCUT2D eigenvalue weighted by atomic mass is 35.5. The van der Waals surface area contributed by atoms with E-state index in [2.05, 4.69) is 17.0 Å². The maximum atomic E-state index is 13.3. The maximum Gasteiger partial charge on any atom is 0.187 e. The van der Waals surface area contributed by atoms with Crippen LogP contribution in [-0.2, 0) is 11.3 Å². The molecule has 4 heteroatoms. The maximum absolute atomic E-state index is 13.3. The minimum atomic E-state index is 0.0872. The standard InChI is InChI=1S/C26H21Cl2NO/c27-24-10-6-19(7-11-24)14-22-17-29(16-21-4-2-1-3-5-21)18-23(26(22)30)15-20-8-12-25(28)13-9-20/h1-15H,16-18H2/b22-14+,23-15+. The Morgan fingerprint density at radius 2 is 1.17 bits per heavy atom. The molecule has 0 unspecified atom stereocenters. The zero-order valence-corrected chi connectivity index (χ0v) is 17.9. The highest BCUT2D eigenvalue weighted by Crippen LogP contribution is 2.24. The summed E-state index contributed by atoms with van der Waals surface area (Å²) in [5, 5.41) is 1.36. The summed E-state index contributed by atoms with van der Waals surface area (Å²) in [4.78, 5) is 15.5. The van der Waals surface area contributed by atoms with Gasteiger partial charge < -0.3 is 0 Å². The molecule has 150 valence electrons. The Kier molecular flexibility index (Phi) is 6.49. The normalized spacial score (nSPS) is 17.6. The fraction of sp³-hybridized carbons (Fsp3) is 0.115. The number of carbonyl (C=O) groups excluding carboxylic acids is 1. The van der Waals surface area contributed by atoms with Crippen molar-refractivity contribution in [2.75, 3.05) is 13.1 Å². The first-order chi connectivity index (χ1) is 14.6. The van der Waals surface area contributed by atoms with Gasteiger partial charge in [0.1, 0.15) is 0 Å². The number of piperidine rings is 1. The van der Waals surface area contributed by atoms with E-state index in [1.807, 2.05) is 78.9 Å². The average Bonchev–Trinajstić information content (AvgIpc) is 2.75. The molecule has 1 aliphatic heterocycles. The molecular weight excluding hydrogens is 413 g/mol. The Morgan fingerprint density at radius 1 is 0.700 bits per heavy atom. The summed E-state index contributed by atoms with van der Waals surface area (Å²) in [5.74, 6) is 0.0872. The summed E-state index contributed by atoms with van der Waals surface area (Å²) in [6.07, 6.45) is 3.93. The number of ketones is 1. The number of hydrogen-bond donors (Lipinski definition) is 0. The fourth-order valence-corrected chi connectivity index (χ4v) is 3.84. The Balaban J connectivity index is 1.67. The van der Waals surface area contributed by atoms with Crippen LogP contribution in [0.2, 0.25) is 10.0 Å². The van der Waals surface area contributed by atoms with Gasteiger partial charge in [0.25, 0.3) is 0 Å². The van der Waals surface area contributed by atoms with Gasteiger partial charge in [-0.1, -0.05) is 77.8 Å². The highest BCUT2D eigenvalue weighted by molar-refractivity contribution is 6.30. The number of hydrogen-bond acceptors (Lipinski definition) is 2. The molecule has 0 spiro atoms. The summed E-state index contributed by atoms with van der Waals surface area (Å²) >= 11 is 12.0. The summed E-state index contributed by atoms with van der Waals surface area (Å²) in [6.45, 7) is 1.99. The smallest absolute Gasteiger partial charge is 0.187 e. The van der Waals surface area contributed by atoms with Crippen LogP contribution in [0.5, 0.6) is 0 Å². The van der Waals surface area contributed by atoms with Crippen LogP contribution in [0.4, 0.5) is 0 Å². The highest BCUT2D eigenvalue weighted by Gasteiger charge is 2.26. The molecule has 4 rings (SSSR count). The molecule has 3 aromatic rings. The number of rotatable bonds is 4. The molecule has 0 aromatic heterocycles. The topological polar surface area (TPSA) is 20.3 Å². The molecule has 1 saturated heterocycles. The lowest BCUT2D eigenvalue weighted by Gasteiger charge is -2.30. The van der Waals surface area contributed by atoms with Crippen LogP contribution in [0.3, 0.4) is 0 Å². The van der Waals surface area contributed by atoms with Crippen LogP contribution in [0, 0.1) is 0 Å². The molecule has 0 saturated carbocycles. The Hall–Kier alpha value is -2.65. The molecule has 1 aliphatic rings. The molecule has 3 aromatic carbocycles. The lowest BCUT2D eigenvalue weighted by molar-refractivity contribution is -0.113. The third kappa shape index (κ3) is 5.28. The van der Waals surface area contributed by atoms with Gasteiger partial charge in [-0.2, -0.15) is 0 Å².